The third-order valence-corrected chi connectivity index (χ3v) is 2.08. The summed E-state index contributed by atoms with van der Waals surface area (Å²) in [7, 11) is 0. The van der Waals surface area contributed by atoms with Crippen molar-refractivity contribution >= 4 is 17.8 Å². The summed E-state index contributed by atoms with van der Waals surface area (Å²) in [4.78, 5) is 34.0. The highest BCUT2D eigenvalue weighted by molar-refractivity contribution is 6.23. The molecule has 0 spiro atoms. The van der Waals surface area contributed by atoms with E-state index in [0.29, 0.717) is 10.6 Å². The van der Waals surface area contributed by atoms with Crippen molar-refractivity contribution < 1.29 is 19.1 Å². The van der Waals surface area contributed by atoms with Crippen molar-refractivity contribution in [2.45, 2.75) is 0 Å². The maximum atomic E-state index is 11.6. The van der Waals surface area contributed by atoms with Gasteiger partial charge in [-0.25, -0.2) is 4.79 Å². The number of hydrogen-bond acceptors (Lipinski definition) is 4. The molecule has 2 rings (SSSR count). The van der Waals surface area contributed by atoms with Crippen LogP contribution in [-0.4, -0.2) is 22.7 Å². The molecule has 1 aromatic carbocycles. The van der Waals surface area contributed by atoms with Crippen LogP contribution in [0.2, 0.25) is 0 Å². The third kappa shape index (κ3) is 2.00. The summed E-state index contributed by atoms with van der Waals surface area (Å²) >= 11 is 0. The zero-order valence-corrected chi connectivity index (χ0v) is 8.62. The number of hydrogen-bond donors (Lipinski definition) is 1. The smallest absolute Gasteiger partial charge is 0.329 e. The molecule has 0 radical (unpaired) electrons. The van der Waals surface area contributed by atoms with Crippen LogP contribution in [0.15, 0.2) is 42.2 Å². The largest absolute Gasteiger partial charge is 0.451 e. The highest BCUT2D eigenvalue weighted by Gasteiger charge is 2.36. The lowest BCUT2D eigenvalue weighted by Gasteiger charge is -2.09. The maximum absolute atomic E-state index is 11.6. The van der Waals surface area contributed by atoms with Crippen LogP contribution in [0.3, 0.4) is 0 Å². The highest BCUT2D eigenvalue weighted by Crippen LogP contribution is 2.18. The van der Waals surface area contributed by atoms with Gasteiger partial charge >= 0.3 is 11.9 Å². The van der Waals surface area contributed by atoms with Crippen LogP contribution in [0, 0.1) is 0 Å². The van der Waals surface area contributed by atoms with Crippen LogP contribution in [-0.2, 0) is 9.59 Å². The quantitative estimate of drug-likeness (QED) is 0.747. The number of nitrogens with two attached hydrogens (primary N) is 1. The molecule has 0 aromatic heterocycles. The molecule has 0 saturated heterocycles. The molecule has 0 atom stereocenters. The second-order valence-corrected chi connectivity index (χ2v) is 3.24. The van der Waals surface area contributed by atoms with E-state index in [1.165, 1.54) is 0 Å². The lowest BCUT2D eigenvalue weighted by molar-refractivity contribution is -0.134. The molecule has 6 heteroatoms. The first-order valence-electron chi connectivity index (χ1n) is 4.72. The van der Waals surface area contributed by atoms with E-state index in [4.69, 9.17) is 10.5 Å². The topological polar surface area (TPSA) is 89.7 Å². The molecule has 6 nitrogen and oxygen atoms in total. The Morgan fingerprint density at radius 3 is 2.35 bits per heavy atom. The second-order valence-electron chi connectivity index (χ2n) is 3.24. The Labute approximate surface area is 96.3 Å². The van der Waals surface area contributed by atoms with Crippen molar-refractivity contribution in [3.05, 3.63) is 42.2 Å². The number of imide groups is 3. The third-order valence-electron chi connectivity index (χ3n) is 2.08. The van der Waals surface area contributed by atoms with Gasteiger partial charge in [-0.2, -0.15) is 4.90 Å². The SMILES string of the molecule is NC(=O)N1C(=O)C=C(Oc2ccccc2)C1=O. The predicted molar refractivity (Wildman–Crippen MR) is 56.6 cm³/mol. The standard InChI is InChI=1S/C11H8N2O4/c12-11(16)13-9(14)6-8(10(13)15)17-7-4-2-1-3-5-7/h1-6H,(H2,12,16). The number of ether oxygens (including phenoxy) is 1. The van der Waals surface area contributed by atoms with E-state index in [0.717, 1.165) is 6.08 Å². The van der Waals surface area contributed by atoms with Crippen LogP contribution in [0.4, 0.5) is 4.79 Å². The number of nitrogens with zero attached hydrogens (tertiary/aromatic N) is 1. The fourth-order valence-electron chi connectivity index (χ4n) is 1.35. The Bertz CT molecular complexity index is 522. The number of para-hydroxylation sites is 1. The van der Waals surface area contributed by atoms with Gasteiger partial charge in [0.15, 0.2) is 5.76 Å². The van der Waals surface area contributed by atoms with Gasteiger partial charge in [0.2, 0.25) is 0 Å². The van der Waals surface area contributed by atoms with Crippen LogP contribution < -0.4 is 10.5 Å². The van der Waals surface area contributed by atoms with Crippen molar-refractivity contribution in [3.8, 4) is 5.75 Å². The molecular weight excluding hydrogens is 224 g/mol. The van der Waals surface area contributed by atoms with Crippen molar-refractivity contribution in [1.29, 1.82) is 0 Å². The molecule has 0 unspecified atom stereocenters. The van der Waals surface area contributed by atoms with Gasteiger partial charge in [0.25, 0.3) is 5.91 Å². The van der Waals surface area contributed by atoms with E-state index in [1.54, 1.807) is 30.3 Å². The molecule has 86 valence electrons. The molecule has 0 fully saturated rings. The highest BCUT2D eigenvalue weighted by atomic mass is 16.5. The molecule has 0 aliphatic carbocycles. The molecular formula is C11H8N2O4. The summed E-state index contributed by atoms with van der Waals surface area (Å²) < 4.78 is 5.18. The van der Waals surface area contributed by atoms with E-state index < -0.39 is 17.8 Å². The molecule has 17 heavy (non-hydrogen) atoms. The molecule has 0 saturated carbocycles. The first-order valence-corrected chi connectivity index (χ1v) is 4.72. The first-order chi connectivity index (χ1) is 8.09. The number of carbonyl (C=O) groups is 3. The monoisotopic (exact) mass is 232 g/mol. The van der Waals surface area contributed by atoms with E-state index in [-0.39, 0.29) is 5.76 Å². The summed E-state index contributed by atoms with van der Waals surface area (Å²) in [5.74, 6) is -1.48. The molecule has 1 heterocycles. The minimum atomic E-state index is -1.12. The summed E-state index contributed by atoms with van der Waals surface area (Å²) in [6.07, 6.45) is 0.931. The summed E-state index contributed by atoms with van der Waals surface area (Å²) in [5, 5.41) is 0. The van der Waals surface area contributed by atoms with Gasteiger partial charge in [0.1, 0.15) is 5.75 Å². The zero-order valence-electron chi connectivity index (χ0n) is 8.62. The molecule has 0 bridgehead atoms. The maximum Gasteiger partial charge on any atom is 0.329 e. The normalized spacial score (nSPS) is 14.8. The minimum Gasteiger partial charge on any atom is -0.451 e. The van der Waals surface area contributed by atoms with Gasteiger partial charge < -0.3 is 10.5 Å². The van der Waals surface area contributed by atoms with Gasteiger partial charge in [-0.1, -0.05) is 18.2 Å². The van der Waals surface area contributed by atoms with Gasteiger partial charge in [-0.05, 0) is 12.1 Å². The fraction of sp³-hybridized carbons (Fsp3) is 0. The van der Waals surface area contributed by atoms with Crippen LogP contribution >= 0.6 is 0 Å². The predicted octanol–water partition coefficient (Wildman–Crippen LogP) is 0.397. The molecule has 1 aliphatic rings. The van der Waals surface area contributed by atoms with Gasteiger partial charge in [0.05, 0.1) is 6.08 Å². The molecule has 1 aliphatic heterocycles. The van der Waals surface area contributed by atoms with Crippen LogP contribution in [0.5, 0.6) is 5.75 Å². The number of rotatable bonds is 2. The Morgan fingerprint density at radius 1 is 1.18 bits per heavy atom. The molecule has 2 N–H and O–H groups in total. The summed E-state index contributed by atoms with van der Waals surface area (Å²) in [5.41, 5.74) is 4.89. The van der Waals surface area contributed by atoms with Crippen LogP contribution in [0.1, 0.15) is 0 Å². The molecule has 1 aromatic rings. The Hall–Kier alpha value is -2.63. The lowest BCUT2D eigenvalue weighted by atomic mass is 10.3. The number of amides is 4. The van der Waals surface area contributed by atoms with E-state index in [9.17, 15) is 14.4 Å². The lowest BCUT2D eigenvalue weighted by Crippen LogP contribution is -2.41. The summed E-state index contributed by atoms with van der Waals surface area (Å²) in [6.45, 7) is 0. The Morgan fingerprint density at radius 2 is 1.82 bits per heavy atom. The minimum absolute atomic E-state index is 0.222. The van der Waals surface area contributed by atoms with Gasteiger partial charge in [-0.3, -0.25) is 9.59 Å². The zero-order chi connectivity index (χ0) is 12.4. The van der Waals surface area contributed by atoms with E-state index in [2.05, 4.69) is 0 Å². The van der Waals surface area contributed by atoms with Crippen molar-refractivity contribution in [2.75, 3.05) is 0 Å². The first kappa shape index (κ1) is 10.9. The molecule has 4 amide bonds. The van der Waals surface area contributed by atoms with E-state index in [1.807, 2.05) is 0 Å². The average molecular weight is 232 g/mol. The number of primary amides is 1. The van der Waals surface area contributed by atoms with E-state index >= 15 is 0 Å². The second kappa shape index (κ2) is 4.09. The van der Waals surface area contributed by atoms with Crippen molar-refractivity contribution in [1.82, 2.24) is 4.90 Å². The summed E-state index contributed by atoms with van der Waals surface area (Å²) in [6, 6.07) is 7.31. The number of benzene rings is 1. The Kier molecular flexibility index (Phi) is 2.61. The van der Waals surface area contributed by atoms with Gasteiger partial charge in [0, 0.05) is 0 Å². The van der Waals surface area contributed by atoms with Gasteiger partial charge in [-0.15, -0.1) is 0 Å². The number of urea groups is 1. The van der Waals surface area contributed by atoms with Crippen molar-refractivity contribution in [2.24, 2.45) is 5.73 Å². The number of carbonyl (C=O) groups excluding carboxylic acids is 3. The fourth-order valence-corrected chi connectivity index (χ4v) is 1.35. The van der Waals surface area contributed by atoms with Crippen LogP contribution in [0.25, 0.3) is 0 Å². The Balaban J connectivity index is 2.20. The van der Waals surface area contributed by atoms with Crippen molar-refractivity contribution in [3.63, 3.8) is 0 Å². The average Bonchev–Trinajstić information content (AvgIpc) is 2.55.